The number of hydrogen-bond donors (Lipinski definition) is 1. The second-order valence-electron chi connectivity index (χ2n) is 3.44. The lowest BCUT2D eigenvalue weighted by Gasteiger charge is -2.27. The lowest BCUT2D eigenvalue weighted by Crippen LogP contribution is -2.41. The smallest absolute Gasteiger partial charge is 0.234 e. The minimum absolute atomic E-state index is 0.230. The van der Waals surface area contributed by atoms with Crippen LogP contribution in [0.1, 0.15) is 24.8 Å². The molecular weight excluding hydrogens is 196 g/mol. The van der Waals surface area contributed by atoms with Gasteiger partial charge in [-0.15, -0.1) is 11.3 Å². The standard InChI is InChI=1S/C10H16N2OS/c1-7(9-5-4-6-14-9)12(3)8(2)10(11)13/h4-8H,1-3H3,(H2,11,13). The van der Waals surface area contributed by atoms with Gasteiger partial charge in [0, 0.05) is 10.9 Å². The Morgan fingerprint density at radius 2 is 2.21 bits per heavy atom. The molecule has 2 N–H and O–H groups in total. The average molecular weight is 212 g/mol. The lowest BCUT2D eigenvalue weighted by molar-refractivity contribution is -0.122. The molecule has 0 aliphatic carbocycles. The molecule has 0 aliphatic rings. The number of likely N-dealkylation sites (N-methyl/N-ethyl adjacent to an activating group) is 1. The third-order valence-electron chi connectivity index (χ3n) is 2.59. The Labute approximate surface area is 88.5 Å². The van der Waals surface area contributed by atoms with E-state index in [1.54, 1.807) is 11.3 Å². The molecule has 0 spiro atoms. The van der Waals surface area contributed by atoms with Crippen LogP contribution < -0.4 is 5.73 Å². The zero-order valence-electron chi connectivity index (χ0n) is 8.73. The summed E-state index contributed by atoms with van der Waals surface area (Å²) in [5, 5.41) is 2.04. The van der Waals surface area contributed by atoms with Gasteiger partial charge in [-0.25, -0.2) is 0 Å². The van der Waals surface area contributed by atoms with Crippen molar-refractivity contribution in [1.82, 2.24) is 4.90 Å². The molecule has 0 saturated heterocycles. The van der Waals surface area contributed by atoms with Gasteiger partial charge in [-0.05, 0) is 32.3 Å². The molecule has 1 heterocycles. The van der Waals surface area contributed by atoms with Gasteiger partial charge >= 0.3 is 0 Å². The summed E-state index contributed by atoms with van der Waals surface area (Å²) in [5.74, 6) is -0.282. The molecule has 78 valence electrons. The van der Waals surface area contributed by atoms with Gasteiger partial charge in [0.1, 0.15) is 0 Å². The highest BCUT2D eigenvalue weighted by atomic mass is 32.1. The van der Waals surface area contributed by atoms with Crippen LogP contribution in [0.3, 0.4) is 0 Å². The van der Waals surface area contributed by atoms with E-state index in [2.05, 4.69) is 13.0 Å². The molecule has 2 atom stereocenters. The van der Waals surface area contributed by atoms with Crippen LogP contribution in [0, 0.1) is 0 Å². The molecule has 0 radical (unpaired) electrons. The molecule has 14 heavy (non-hydrogen) atoms. The summed E-state index contributed by atoms with van der Waals surface area (Å²) in [5.41, 5.74) is 5.25. The van der Waals surface area contributed by atoms with Crippen molar-refractivity contribution in [2.24, 2.45) is 5.73 Å². The minimum atomic E-state index is -0.282. The summed E-state index contributed by atoms with van der Waals surface area (Å²) in [6, 6.07) is 4.09. The van der Waals surface area contributed by atoms with E-state index < -0.39 is 0 Å². The van der Waals surface area contributed by atoms with Gasteiger partial charge < -0.3 is 5.73 Å². The van der Waals surface area contributed by atoms with E-state index >= 15 is 0 Å². The molecule has 1 aromatic rings. The maximum atomic E-state index is 11.0. The van der Waals surface area contributed by atoms with E-state index in [0.717, 1.165) is 0 Å². The number of nitrogens with zero attached hydrogens (tertiary/aromatic N) is 1. The van der Waals surface area contributed by atoms with Crippen LogP contribution in [0.25, 0.3) is 0 Å². The predicted octanol–water partition coefficient (Wildman–Crippen LogP) is 1.61. The van der Waals surface area contributed by atoms with Crippen molar-refractivity contribution in [3.8, 4) is 0 Å². The molecule has 1 aromatic heterocycles. The predicted molar refractivity (Wildman–Crippen MR) is 59.2 cm³/mol. The zero-order chi connectivity index (χ0) is 10.7. The van der Waals surface area contributed by atoms with Crippen molar-refractivity contribution in [2.75, 3.05) is 7.05 Å². The van der Waals surface area contributed by atoms with E-state index in [1.807, 2.05) is 30.3 Å². The Balaban J connectivity index is 2.70. The van der Waals surface area contributed by atoms with Crippen LogP contribution in [0.5, 0.6) is 0 Å². The van der Waals surface area contributed by atoms with Crippen LogP contribution in [0.15, 0.2) is 17.5 Å². The van der Waals surface area contributed by atoms with Gasteiger partial charge in [0.2, 0.25) is 5.91 Å². The molecule has 1 amide bonds. The summed E-state index contributed by atoms with van der Waals surface area (Å²) >= 11 is 1.69. The van der Waals surface area contributed by atoms with Gasteiger partial charge in [-0.2, -0.15) is 0 Å². The van der Waals surface area contributed by atoms with Crippen LogP contribution in [-0.2, 0) is 4.79 Å². The first-order valence-corrected chi connectivity index (χ1v) is 5.46. The van der Waals surface area contributed by atoms with Crippen molar-refractivity contribution in [1.29, 1.82) is 0 Å². The van der Waals surface area contributed by atoms with Crippen molar-refractivity contribution in [3.05, 3.63) is 22.4 Å². The van der Waals surface area contributed by atoms with E-state index in [-0.39, 0.29) is 18.0 Å². The Morgan fingerprint density at radius 1 is 1.57 bits per heavy atom. The van der Waals surface area contributed by atoms with Crippen molar-refractivity contribution in [2.45, 2.75) is 25.9 Å². The largest absolute Gasteiger partial charge is 0.368 e. The van der Waals surface area contributed by atoms with Crippen molar-refractivity contribution in [3.63, 3.8) is 0 Å². The Bertz CT molecular complexity index is 297. The monoisotopic (exact) mass is 212 g/mol. The molecule has 0 aliphatic heterocycles. The number of carbonyl (C=O) groups excluding carboxylic acids is 1. The van der Waals surface area contributed by atoms with Gasteiger partial charge in [0.25, 0.3) is 0 Å². The normalized spacial score (nSPS) is 15.4. The van der Waals surface area contributed by atoms with Gasteiger partial charge in [-0.3, -0.25) is 9.69 Å². The van der Waals surface area contributed by atoms with E-state index in [4.69, 9.17) is 5.73 Å². The molecule has 3 nitrogen and oxygen atoms in total. The number of primary amides is 1. The van der Waals surface area contributed by atoms with Crippen molar-refractivity contribution >= 4 is 17.2 Å². The topological polar surface area (TPSA) is 46.3 Å². The Morgan fingerprint density at radius 3 is 2.64 bits per heavy atom. The second-order valence-corrected chi connectivity index (χ2v) is 4.41. The fourth-order valence-corrected chi connectivity index (χ4v) is 2.10. The fraction of sp³-hybridized carbons (Fsp3) is 0.500. The number of thiophene rings is 1. The number of amides is 1. The summed E-state index contributed by atoms with van der Waals surface area (Å²) in [6.07, 6.45) is 0. The third-order valence-corrected chi connectivity index (χ3v) is 3.63. The maximum absolute atomic E-state index is 11.0. The number of nitrogens with two attached hydrogens (primary N) is 1. The molecule has 1 rings (SSSR count). The first kappa shape index (κ1) is 11.2. The fourth-order valence-electron chi connectivity index (χ4n) is 1.27. The highest BCUT2D eigenvalue weighted by Gasteiger charge is 2.21. The summed E-state index contributed by atoms with van der Waals surface area (Å²) in [4.78, 5) is 14.2. The Hall–Kier alpha value is -0.870. The third kappa shape index (κ3) is 2.33. The van der Waals surface area contributed by atoms with E-state index in [9.17, 15) is 4.79 Å². The van der Waals surface area contributed by atoms with Crippen molar-refractivity contribution < 1.29 is 4.79 Å². The molecule has 0 fully saturated rings. The quantitative estimate of drug-likeness (QED) is 0.824. The number of carbonyl (C=O) groups is 1. The lowest BCUT2D eigenvalue weighted by atomic mass is 10.2. The molecule has 4 heteroatoms. The number of hydrogen-bond acceptors (Lipinski definition) is 3. The molecule has 2 unspecified atom stereocenters. The van der Waals surface area contributed by atoms with Gasteiger partial charge in [0.15, 0.2) is 0 Å². The molecule has 0 saturated carbocycles. The van der Waals surface area contributed by atoms with Crippen LogP contribution >= 0.6 is 11.3 Å². The molecular formula is C10H16N2OS. The molecule has 0 bridgehead atoms. The van der Waals surface area contributed by atoms with E-state index in [1.165, 1.54) is 4.88 Å². The summed E-state index contributed by atoms with van der Waals surface area (Å²) < 4.78 is 0. The van der Waals surface area contributed by atoms with Crippen LogP contribution in [0.4, 0.5) is 0 Å². The maximum Gasteiger partial charge on any atom is 0.234 e. The van der Waals surface area contributed by atoms with Crippen LogP contribution in [0.2, 0.25) is 0 Å². The van der Waals surface area contributed by atoms with Gasteiger partial charge in [-0.1, -0.05) is 6.07 Å². The summed E-state index contributed by atoms with van der Waals surface area (Å²) in [7, 11) is 1.92. The van der Waals surface area contributed by atoms with E-state index in [0.29, 0.717) is 0 Å². The highest BCUT2D eigenvalue weighted by Crippen LogP contribution is 2.24. The SMILES string of the molecule is CC(C(N)=O)N(C)C(C)c1cccs1. The molecule has 0 aromatic carbocycles. The average Bonchev–Trinajstić information content (AvgIpc) is 2.67. The highest BCUT2D eigenvalue weighted by molar-refractivity contribution is 7.10. The second kappa shape index (κ2) is 4.57. The Kier molecular flexibility index (Phi) is 3.66. The first-order chi connectivity index (χ1) is 6.54. The first-order valence-electron chi connectivity index (χ1n) is 4.58. The number of rotatable bonds is 4. The summed E-state index contributed by atoms with van der Waals surface area (Å²) in [6.45, 7) is 3.90. The van der Waals surface area contributed by atoms with Gasteiger partial charge in [0.05, 0.1) is 6.04 Å². The van der Waals surface area contributed by atoms with Crippen LogP contribution in [-0.4, -0.2) is 23.9 Å². The minimum Gasteiger partial charge on any atom is -0.368 e. The zero-order valence-corrected chi connectivity index (χ0v) is 9.54.